The van der Waals surface area contributed by atoms with E-state index in [0.29, 0.717) is 23.4 Å². The minimum atomic E-state index is 0.0749. The minimum Gasteiger partial charge on any atom is -0.459 e. The number of aromatic nitrogens is 4. The van der Waals surface area contributed by atoms with Gasteiger partial charge >= 0.3 is 6.01 Å². The van der Waals surface area contributed by atoms with Crippen molar-refractivity contribution < 1.29 is 4.74 Å². The standard InChI is InChI=1S/C21H36N6O/c1-4-6-7-11-26-12-9-17(10-13-26)14-18-15-23-20-19(22)24-21(25-27(18)20)28-16(3)8-5-2/h15-17H,4-14H2,1-3H3,(H2,22,24,25)/t16-/m0/s1. The lowest BCUT2D eigenvalue weighted by Crippen LogP contribution is -2.35. The molecule has 0 amide bonds. The molecule has 0 unspecified atom stereocenters. The zero-order valence-corrected chi connectivity index (χ0v) is 17.7. The number of anilines is 1. The van der Waals surface area contributed by atoms with Crippen LogP contribution in [0.2, 0.25) is 0 Å². The van der Waals surface area contributed by atoms with Gasteiger partial charge < -0.3 is 15.4 Å². The fraction of sp³-hybridized carbons (Fsp3) is 0.762. The number of nitrogen functional groups attached to an aromatic ring is 1. The van der Waals surface area contributed by atoms with Gasteiger partial charge in [-0.05, 0) is 64.6 Å². The fourth-order valence-corrected chi connectivity index (χ4v) is 4.06. The van der Waals surface area contributed by atoms with Gasteiger partial charge in [0.25, 0.3) is 0 Å². The van der Waals surface area contributed by atoms with Crippen LogP contribution < -0.4 is 10.5 Å². The molecule has 3 heterocycles. The smallest absolute Gasteiger partial charge is 0.336 e. The molecule has 1 aliphatic heterocycles. The second kappa shape index (κ2) is 10.0. The van der Waals surface area contributed by atoms with Gasteiger partial charge in [0.1, 0.15) is 0 Å². The molecule has 3 rings (SSSR count). The van der Waals surface area contributed by atoms with Crippen LogP contribution in [0.5, 0.6) is 6.01 Å². The van der Waals surface area contributed by atoms with E-state index < -0.39 is 0 Å². The number of piperidine rings is 1. The van der Waals surface area contributed by atoms with Crippen molar-refractivity contribution >= 4 is 11.5 Å². The molecule has 7 heteroatoms. The number of nitrogens with zero attached hydrogens (tertiary/aromatic N) is 5. The molecular formula is C21H36N6O. The Labute approximate surface area is 168 Å². The van der Waals surface area contributed by atoms with Crippen molar-refractivity contribution in [1.29, 1.82) is 0 Å². The predicted molar refractivity (Wildman–Crippen MR) is 113 cm³/mol. The maximum absolute atomic E-state index is 6.11. The topological polar surface area (TPSA) is 81.6 Å². The quantitative estimate of drug-likeness (QED) is 0.625. The normalized spacial score (nSPS) is 17.2. The number of likely N-dealkylation sites (tertiary alicyclic amines) is 1. The van der Waals surface area contributed by atoms with Crippen molar-refractivity contribution in [3.05, 3.63) is 11.9 Å². The Balaban J connectivity index is 1.63. The summed E-state index contributed by atoms with van der Waals surface area (Å²) in [6, 6.07) is 0.343. The monoisotopic (exact) mass is 388 g/mol. The first-order chi connectivity index (χ1) is 13.6. The molecule has 1 fully saturated rings. The maximum Gasteiger partial charge on any atom is 0.336 e. The highest BCUT2D eigenvalue weighted by molar-refractivity contribution is 5.59. The lowest BCUT2D eigenvalue weighted by atomic mass is 9.92. The van der Waals surface area contributed by atoms with Crippen LogP contribution in [0.15, 0.2) is 6.20 Å². The molecule has 1 aliphatic rings. The largest absolute Gasteiger partial charge is 0.459 e. The van der Waals surface area contributed by atoms with Gasteiger partial charge in [-0.3, -0.25) is 0 Å². The van der Waals surface area contributed by atoms with E-state index in [0.717, 1.165) is 25.0 Å². The van der Waals surface area contributed by atoms with Crippen molar-refractivity contribution in [1.82, 2.24) is 24.5 Å². The third-order valence-electron chi connectivity index (χ3n) is 5.72. The van der Waals surface area contributed by atoms with Crippen LogP contribution in [0.3, 0.4) is 0 Å². The molecule has 28 heavy (non-hydrogen) atoms. The summed E-state index contributed by atoms with van der Waals surface area (Å²) in [5.74, 6) is 1.05. The number of hydrogen-bond donors (Lipinski definition) is 1. The van der Waals surface area contributed by atoms with Crippen molar-refractivity contribution in [3.8, 4) is 6.01 Å². The van der Waals surface area contributed by atoms with E-state index in [4.69, 9.17) is 10.5 Å². The zero-order valence-electron chi connectivity index (χ0n) is 17.7. The van der Waals surface area contributed by atoms with Crippen molar-refractivity contribution in [2.45, 2.75) is 78.2 Å². The Morgan fingerprint density at radius 3 is 2.71 bits per heavy atom. The minimum absolute atomic E-state index is 0.0749. The van der Waals surface area contributed by atoms with Gasteiger partial charge in [-0.1, -0.05) is 33.1 Å². The lowest BCUT2D eigenvalue weighted by Gasteiger charge is -2.31. The Hall–Kier alpha value is -1.89. The van der Waals surface area contributed by atoms with Gasteiger partial charge in [-0.2, -0.15) is 4.98 Å². The third kappa shape index (κ3) is 5.34. The number of fused-ring (bicyclic) bond motifs is 1. The molecule has 2 aromatic heterocycles. The number of imidazole rings is 1. The summed E-state index contributed by atoms with van der Waals surface area (Å²) < 4.78 is 7.70. The van der Waals surface area contributed by atoms with E-state index in [9.17, 15) is 0 Å². The molecule has 0 saturated carbocycles. The van der Waals surface area contributed by atoms with Crippen molar-refractivity contribution in [3.63, 3.8) is 0 Å². The summed E-state index contributed by atoms with van der Waals surface area (Å²) >= 11 is 0. The second-order valence-corrected chi connectivity index (χ2v) is 8.18. The number of nitrogens with two attached hydrogens (primary N) is 1. The Bertz CT molecular complexity index is 738. The van der Waals surface area contributed by atoms with E-state index in [1.54, 1.807) is 0 Å². The average Bonchev–Trinajstić information content (AvgIpc) is 3.07. The molecule has 0 aromatic carbocycles. The number of hydrogen-bond acceptors (Lipinski definition) is 6. The summed E-state index contributed by atoms with van der Waals surface area (Å²) in [5.41, 5.74) is 7.83. The molecular weight excluding hydrogens is 352 g/mol. The van der Waals surface area contributed by atoms with Crippen molar-refractivity contribution in [2.24, 2.45) is 5.92 Å². The molecule has 0 spiro atoms. The summed E-state index contributed by atoms with van der Waals surface area (Å²) in [7, 11) is 0. The van der Waals surface area contributed by atoms with E-state index in [1.807, 2.05) is 17.6 Å². The maximum atomic E-state index is 6.11. The molecule has 156 valence electrons. The molecule has 0 radical (unpaired) electrons. The SMILES string of the molecule is CCCCCN1CCC(Cc2cnc3c(N)nc(O[C@@H](C)CCC)nn23)CC1. The first-order valence-electron chi connectivity index (χ1n) is 11.0. The van der Waals surface area contributed by atoms with Gasteiger partial charge in [-0.25, -0.2) is 9.50 Å². The molecule has 0 bridgehead atoms. The van der Waals surface area contributed by atoms with Crippen LogP contribution in [-0.2, 0) is 6.42 Å². The van der Waals surface area contributed by atoms with Gasteiger partial charge in [0.2, 0.25) is 0 Å². The summed E-state index contributed by atoms with van der Waals surface area (Å²) in [6.45, 7) is 10.1. The lowest BCUT2D eigenvalue weighted by molar-refractivity contribution is 0.179. The van der Waals surface area contributed by atoms with Crippen LogP contribution in [0.4, 0.5) is 5.82 Å². The Kier molecular flexibility index (Phi) is 7.48. The third-order valence-corrected chi connectivity index (χ3v) is 5.72. The van der Waals surface area contributed by atoms with Gasteiger partial charge in [0.15, 0.2) is 11.5 Å². The summed E-state index contributed by atoms with van der Waals surface area (Å²) in [5, 5.41) is 4.58. The van der Waals surface area contributed by atoms with Gasteiger partial charge in [0.05, 0.1) is 18.0 Å². The van der Waals surface area contributed by atoms with Crippen LogP contribution in [0.25, 0.3) is 5.65 Å². The average molecular weight is 389 g/mol. The summed E-state index contributed by atoms with van der Waals surface area (Å²) in [6.07, 6.45) is 11.4. The molecule has 2 N–H and O–H groups in total. The highest BCUT2D eigenvalue weighted by Gasteiger charge is 2.21. The first kappa shape index (κ1) is 20.8. The zero-order chi connectivity index (χ0) is 19.9. The molecule has 2 aromatic rings. The van der Waals surface area contributed by atoms with Crippen LogP contribution in [0, 0.1) is 5.92 Å². The summed E-state index contributed by atoms with van der Waals surface area (Å²) in [4.78, 5) is 11.3. The molecule has 7 nitrogen and oxygen atoms in total. The Morgan fingerprint density at radius 2 is 2.00 bits per heavy atom. The second-order valence-electron chi connectivity index (χ2n) is 8.18. The predicted octanol–water partition coefficient (Wildman–Crippen LogP) is 3.72. The van der Waals surface area contributed by atoms with Crippen LogP contribution in [-0.4, -0.2) is 50.2 Å². The highest BCUT2D eigenvalue weighted by Crippen LogP contribution is 2.24. The van der Waals surface area contributed by atoms with Crippen LogP contribution in [0.1, 0.15) is 71.4 Å². The van der Waals surface area contributed by atoms with Crippen LogP contribution >= 0.6 is 0 Å². The van der Waals surface area contributed by atoms with Gasteiger partial charge in [0, 0.05) is 0 Å². The van der Waals surface area contributed by atoms with E-state index >= 15 is 0 Å². The van der Waals surface area contributed by atoms with E-state index in [2.05, 4.69) is 33.8 Å². The Morgan fingerprint density at radius 1 is 1.21 bits per heavy atom. The molecule has 1 atom stereocenters. The molecule has 1 saturated heterocycles. The molecule has 0 aliphatic carbocycles. The van der Waals surface area contributed by atoms with E-state index in [-0.39, 0.29) is 6.10 Å². The highest BCUT2D eigenvalue weighted by atomic mass is 16.5. The number of unbranched alkanes of at least 4 members (excludes halogenated alkanes) is 2. The van der Waals surface area contributed by atoms with Crippen molar-refractivity contribution in [2.75, 3.05) is 25.4 Å². The van der Waals surface area contributed by atoms with E-state index in [1.165, 1.54) is 51.7 Å². The van der Waals surface area contributed by atoms with Gasteiger partial charge in [-0.15, -0.1) is 5.10 Å². The first-order valence-corrected chi connectivity index (χ1v) is 11.0. The number of rotatable bonds is 10. The fourth-order valence-electron chi connectivity index (χ4n) is 4.06. The number of ether oxygens (including phenoxy) is 1.